The van der Waals surface area contributed by atoms with Gasteiger partial charge in [-0.15, -0.1) is 0 Å². The Bertz CT molecular complexity index is 847. The van der Waals surface area contributed by atoms with E-state index in [1.165, 1.54) is 30.5 Å². The number of benzene rings is 2. The van der Waals surface area contributed by atoms with Crippen LogP contribution in [-0.2, 0) is 6.18 Å². The van der Waals surface area contributed by atoms with Gasteiger partial charge in [0.1, 0.15) is 5.82 Å². The molecule has 0 spiro atoms. The van der Waals surface area contributed by atoms with Crippen molar-refractivity contribution >= 4 is 17.2 Å². The number of fused-ring (bicyclic) bond motifs is 1. The Morgan fingerprint density at radius 2 is 1.68 bits per heavy atom. The van der Waals surface area contributed by atoms with Gasteiger partial charge in [-0.25, -0.2) is 4.39 Å². The number of H-pyrrole nitrogens is 1. The summed E-state index contributed by atoms with van der Waals surface area (Å²) in [5.41, 5.74) is 0.813. The number of carbonyl (C=O) groups excluding carboxylic acids is 1. The first kappa shape index (κ1) is 14.3. The second-order valence-corrected chi connectivity index (χ2v) is 4.78. The molecule has 112 valence electrons. The van der Waals surface area contributed by atoms with Gasteiger partial charge < -0.3 is 4.98 Å². The van der Waals surface area contributed by atoms with Crippen LogP contribution in [0.5, 0.6) is 0 Å². The van der Waals surface area contributed by atoms with E-state index in [2.05, 4.69) is 4.98 Å². The second kappa shape index (κ2) is 4.98. The number of hydrogen-bond donors (Lipinski definition) is 1. The topological polar surface area (TPSA) is 32.9 Å². The molecule has 0 aliphatic heterocycles. The van der Waals surface area contributed by atoms with Crippen LogP contribution in [0.2, 0.25) is 0 Å². The van der Waals surface area contributed by atoms with Gasteiger partial charge in [-0.1, -0.05) is 12.1 Å². The summed E-state index contributed by atoms with van der Waals surface area (Å²) in [6.45, 7) is 0. The van der Waals surface area contributed by atoms with Crippen LogP contribution in [0.25, 0.3) is 22.0 Å². The molecule has 1 aromatic heterocycles. The van der Waals surface area contributed by atoms with Crippen molar-refractivity contribution in [2.75, 3.05) is 0 Å². The smallest absolute Gasteiger partial charge is 0.360 e. The van der Waals surface area contributed by atoms with Crippen molar-refractivity contribution in [1.29, 1.82) is 0 Å². The minimum atomic E-state index is -4.41. The number of hydrogen-bond acceptors (Lipinski definition) is 1. The van der Waals surface area contributed by atoms with Crippen molar-refractivity contribution in [3.63, 3.8) is 0 Å². The number of nitrogens with one attached hydrogen (secondary N) is 1. The zero-order valence-electron chi connectivity index (χ0n) is 11.0. The van der Waals surface area contributed by atoms with Gasteiger partial charge in [0.25, 0.3) is 0 Å². The summed E-state index contributed by atoms with van der Waals surface area (Å²) < 4.78 is 51.6. The molecule has 0 bridgehead atoms. The molecule has 1 N–H and O–H groups in total. The van der Waals surface area contributed by atoms with Crippen LogP contribution >= 0.6 is 0 Å². The normalized spacial score (nSPS) is 11.8. The van der Waals surface area contributed by atoms with Crippen LogP contribution in [-0.4, -0.2) is 11.3 Å². The average Bonchev–Trinajstić information content (AvgIpc) is 2.92. The number of rotatable bonds is 2. The third-order valence-electron chi connectivity index (χ3n) is 3.47. The number of carbonyl (C=O) groups is 1. The molecule has 0 saturated heterocycles. The molecular formula is C16H9F4NO. The maximum Gasteiger partial charge on any atom is 0.416 e. The van der Waals surface area contributed by atoms with Gasteiger partial charge in [0.2, 0.25) is 0 Å². The van der Waals surface area contributed by atoms with Gasteiger partial charge in [0.15, 0.2) is 6.29 Å². The first-order valence-electron chi connectivity index (χ1n) is 6.34. The van der Waals surface area contributed by atoms with Crippen molar-refractivity contribution in [3.8, 4) is 11.1 Å². The maximum atomic E-state index is 13.9. The van der Waals surface area contributed by atoms with Crippen molar-refractivity contribution < 1.29 is 22.4 Å². The molecule has 3 aromatic rings. The molecule has 0 unspecified atom stereocenters. The molecular weight excluding hydrogens is 298 g/mol. The zero-order valence-corrected chi connectivity index (χ0v) is 11.0. The Balaban J connectivity index is 2.17. The van der Waals surface area contributed by atoms with Crippen LogP contribution in [0.15, 0.2) is 42.6 Å². The van der Waals surface area contributed by atoms with Crippen LogP contribution in [0.4, 0.5) is 17.6 Å². The molecule has 0 atom stereocenters. The van der Waals surface area contributed by atoms with E-state index in [9.17, 15) is 22.4 Å². The van der Waals surface area contributed by atoms with Gasteiger partial charge in [0.05, 0.1) is 11.1 Å². The van der Waals surface area contributed by atoms with E-state index in [0.717, 1.165) is 12.1 Å². The van der Waals surface area contributed by atoms with E-state index in [1.807, 2.05) is 0 Å². The van der Waals surface area contributed by atoms with Crippen LogP contribution in [0, 0.1) is 5.82 Å². The highest BCUT2D eigenvalue weighted by Gasteiger charge is 2.30. The first-order valence-corrected chi connectivity index (χ1v) is 6.34. The number of aromatic amines is 1. The standard InChI is InChI=1S/C16H9F4NO/c17-13-6-5-12(15-14(13)10(8-22)7-21-15)9-1-3-11(4-2-9)16(18,19)20/h1-8,21H. The van der Waals surface area contributed by atoms with Crippen molar-refractivity contribution in [3.05, 3.63) is 59.5 Å². The SMILES string of the molecule is O=Cc1c[nH]c2c(-c3ccc(C(F)(F)F)cc3)ccc(F)c12. The molecule has 0 fully saturated rings. The Morgan fingerprint density at radius 1 is 1.00 bits per heavy atom. The lowest BCUT2D eigenvalue weighted by atomic mass is 10.0. The second-order valence-electron chi connectivity index (χ2n) is 4.78. The quantitative estimate of drug-likeness (QED) is 0.535. The summed E-state index contributed by atoms with van der Waals surface area (Å²) in [4.78, 5) is 13.7. The van der Waals surface area contributed by atoms with Crippen molar-refractivity contribution in [2.24, 2.45) is 0 Å². The lowest BCUT2D eigenvalue weighted by Gasteiger charge is -2.09. The monoisotopic (exact) mass is 307 g/mol. The average molecular weight is 307 g/mol. The summed E-state index contributed by atoms with van der Waals surface area (Å²) in [6.07, 6.45) is -2.51. The van der Waals surface area contributed by atoms with Gasteiger partial charge in [-0.05, 0) is 29.8 Å². The summed E-state index contributed by atoms with van der Waals surface area (Å²) >= 11 is 0. The largest absolute Gasteiger partial charge is 0.416 e. The third-order valence-corrected chi connectivity index (χ3v) is 3.47. The fraction of sp³-hybridized carbons (Fsp3) is 0.0625. The predicted molar refractivity (Wildman–Crippen MR) is 74.1 cm³/mol. The number of halogens is 4. The van der Waals surface area contributed by atoms with E-state index < -0.39 is 17.6 Å². The van der Waals surface area contributed by atoms with E-state index in [1.54, 1.807) is 0 Å². The highest BCUT2D eigenvalue weighted by Crippen LogP contribution is 2.34. The van der Waals surface area contributed by atoms with E-state index in [-0.39, 0.29) is 10.9 Å². The summed E-state index contributed by atoms with van der Waals surface area (Å²) in [6, 6.07) is 7.22. The number of aromatic nitrogens is 1. The van der Waals surface area contributed by atoms with Crippen LogP contribution < -0.4 is 0 Å². The molecule has 2 nitrogen and oxygen atoms in total. The molecule has 0 aliphatic carbocycles. The molecule has 1 heterocycles. The van der Waals surface area contributed by atoms with Gasteiger partial charge >= 0.3 is 6.18 Å². The first-order chi connectivity index (χ1) is 10.4. The Morgan fingerprint density at radius 3 is 2.27 bits per heavy atom. The fourth-order valence-electron chi connectivity index (χ4n) is 2.40. The lowest BCUT2D eigenvalue weighted by molar-refractivity contribution is -0.137. The lowest BCUT2D eigenvalue weighted by Crippen LogP contribution is -2.04. The Labute approximate surface area is 122 Å². The van der Waals surface area contributed by atoms with E-state index in [4.69, 9.17) is 0 Å². The summed E-state index contributed by atoms with van der Waals surface area (Å²) in [7, 11) is 0. The molecule has 2 aromatic carbocycles. The predicted octanol–water partition coefficient (Wildman–Crippen LogP) is 4.81. The summed E-state index contributed by atoms with van der Waals surface area (Å²) in [5, 5.41) is 0.132. The minimum Gasteiger partial charge on any atom is -0.360 e. The zero-order chi connectivity index (χ0) is 15.9. The fourth-order valence-corrected chi connectivity index (χ4v) is 2.40. The van der Waals surface area contributed by atoms with Crippen LogP contribution in [0.3, 0.4) is 0 Å². The Hall–Kier alpha value is -2.63. The highest BCUT2D eigenvalue weighted by atomic mass is 19.4. The maximum absolute atomic E-state index is 13.9. The van der Waals surface area contributed by atoms with Gasteiger partial charge in [-0.2, -0.15) is 13.2 Å². The highest BCUT2D eigenvalue weighted by molar-refractivity contribution is 6.03. The van der Waals surface area contributed by atoms with E-state index >= 15 is 0 Å². The molecule has 22 heavy (non-hydrogen) atoms. The van der Waals surface area contributed by atoms with Crippen molar-refractivity contribution in [2.45, 2.75) is 6.18 Å². The third kappa shape index (κ3) is 2.26. The number of alkyl halides is 3. The molecule has 0 aliphatic rings. The molecule has 6 heteroatoms. The summed E-state index contributed by atoms with van der Waals surface area (Å²) in [5.74, 6) is -0.561. The van der Waals surface area contributed by atoms with E-state index in [0.29, 0.717) is 22.9 Å². The molecule has 0 saturated carbocycles. The van der Waals surface area contributed by atoms with Gasteiger partial charge in [-0.3, -0.25) is 4.79 Å². The van der Waals surface area contributed by atoms with Gasteiger partial charge in [0, 0.05) is 22.7 Å². The minimum absolute atomic E-state index is 0.132. The van der Waals surface area contributed by atoms with Crippen LogP contribution in [0.1, 0.15) is 15.9 Å². The van der Waals surface area contributed by atoms with Crippen molar-refractivity contribution in [1.82, 2.24) is 4.98 Å². The number of aldehydes is 1. The molecule has 3 rings (SSSR count). The molecule has 0 amide bonds. The Kier molecular flexibility index (Phi) is 3.24. The molecule has 0 radical (unpaired) electrons.